The van der Waals surface area contributed by atoms with Crippen molar-refractivity contribution >= 4 is 29.6 Å². The van der Waals surface area contributed by atoms with Gasteiger partial charge in [-0.25, -0.2) is 0 Å². The second-order valence-electron chi connectivity index (χ2n) is 2.74. The maximum Gasteiger partial charge on any atom is 0.0927 e. The maximum atomic E-state index is 4.17. The molecule has 1 aromatic carbocycles. The van der Waals surface area contributed by atoms with Crippen molar-refractivity contribution < 1.29 is 0 Å². The van der Waals surface area contributed by atoms with Gasteiger partial charge in [0.25, 0.3) is 0 Å². The Morgan fingerprint density at radius 3 is 3.08 bits per heavy atom. The molecule has 2 nitrogen and oxygen atoms in total. The molecule has 66 valence electrons. The van der Waals surface area contributed by atoms with Gasteiger partial charge in [-0.15, -0.1) is 0 Å². The minimum atomic E-state index is 0.743. The highest BCUT2D eigenvalue weighted by Crippen LogP contribution is 2.15. The monoisotopic (exact) mass is 190 g/mol. The average molecular weight is 190 g/mol. The van der Waals surface area contributed by atoms with E-state index >= 15 is 0 Å². The summed E-state index contributed by atoms with van der Waals surface area (Å²) in [4.78, 5) is 0. The van der Waals surface area contributed by atoms with Gasteiger partial charge in [0.15, 0.2) is 0 Å². The van der Waals surface area contributed by atoms with Gasteiger partial charge in [-0.1, -0.05) is 24.3 Å². The number of aromatic nitrogens is 2. The van der Waals surface area contributed by atoms with Crippen LogP contribution in [0.3, 0.4) is 0 Å². The van der Waals surface area contributed by atoms with Gasteiger partial charge < -0.3 is 0 Å². The molecule has 0 bridgehead atoms. The molecule has 0 aliphatic carbocycles. The summed E-state index contributed by atoms with van der Waals surface area (Å²) in [5, 5.41) is 8.30. The zero-order chi connectivity index (χ0) is 9.10. The fourth-order valence-corrected chi connectivity index (χ4v) is 1.38. The lowest BCUT2D eigenvalue weighted by molar-refractivity contribution is 1.11. The fourth-order valence-electron chi connectivity index (χ4n) is 1.28. The smallest absolute Gasteiger partial charge is 0.0927 e. The summed E-state index contributed by atoms with van der Waals surface area (Å²) in [6.45, 7) is 0. The van der Waals surface area contributed by atoms with Gasteiger partial charge in [-0.2, -0.15) is 17.7 Å². The summed E-state index contributed by atoms with van der Waals surface area (Å²) in [5.41, 5.74) is 2.05. The van der Waals surface area contributed by atoms with Gasteiger partial charge in [0.05, 0.1) is 11.2 Å². The number of fused-ring (bicyclic) bond motifs is 1. The van der Waals surface area contributed by atoms with Crippen LogP contribution in [0.15, 0.2) is 30.3 Å². The van der Waals surface area contributed by atoms with Crippen LogP contribution in [0, 0.1) is 0 Å². The van der Waals surface area contributed by atoms with Crippen molar-refractivity contribution in [1.82, 2.24) is 10.2 Å². The van der Waals surface area contributed by atoms with Crippen molar-refractivity contribution in [2.75, 3.05) is 5.75 Å². The Labute approximate surface area is 82.1 Å². The molecule has 13 heavy (non-hydrogen) atoms. The predicted octanol–water partition coefficient (Wildman–Crippen LogP) is 2.51. The molecular formula is C10H10N2S. The minimum Gasteiger partial charge on any atom is -0.277 e. The van der Waals surface area contributed by atoms with Gasteiger partial charge in [-0.3, -0.25) is 5.10 Å². The summed E-state index contributed by atoms with van der Waals surface area (Å²) >= 11 is 4.10. The second-order valence-corrected chi connectivity index (χ2v) is 3.10. The molecule has 0 spiro atoms. The summed E-state index contributed by atoms with van der Waals surface area (Å²) < 4.78 is 0. The van der Waals surface area contributed by atoms with E-state index in [-0.39, 0.29) is 0 Å². The summed E-state index contributed by atoms with van der Waals surface area (Å²) in [5.74, 6) is 0.743. The van der Waals surface area contributed by atoms with Crippen molar-refractivity contribution in [2.45, 2.75) is 0 Å². The third-order valence-corrected chi connectivity index (χ3v) is 2.09. The molecule has 0 amide bonds. The van der Waals surface area contributed by atoms with E-state index in [0.29, 0.717) is 0 Å². The molecule has 0 saturated heterocycles. The number of thiol groups is 1. The number of nitrogens with zero attached hydrogens (tertiary/aromatic N) is 1. The van der Waals surface area contributed by atoms with E-state index in [2.05, 4.69) is 28.9 Å². The molecule has 0 unspecified atom stereocenters. The van der Waals surface area contributed by atoms with Crippen molar-refractivity contribution in [3.8, 4) is 0 Å². The van der Waals surface area contributed by atoms with E-state index in [1.54, 1.807) is 0 Å². The van der Waals surface area contributed by atoms with Gasteiger partial charge in [-0.05, 0) is 12.1 Å². The Morgan fingerprint density at radius 2 is 2.23 bits per heavy atom. The number of benzene rings is 1. The normalized spacial score (nSPS) is 11.5. The van der Waals surface area contributed by atoms with Crippen LogP contribution in [0.5, 0.6) is 0 Å². The molecule has 0 fully saturated rings. The minimum absolute atomic E-state index is 0.743. The van der Waals surface area contributed by atoms with E-state index in [0.717, 1.165) is 22.3 Å². The van der Waals surface area contributed by atoms with Crippen molar-refractivity contribution in [3.63, 3.8) is 0 Å². The number of hydrogen-bond donors (Lipinski definition) is 2. The first-order chi connectivity index (χ1) is 6.42. The standard InChI is InChI=1S/C10H10N2S/c13-7-3-6-10-8-4-1-2-5-9(8)11-12-10/h1-6,13H,7H2,(H,11,12). The molecule has 0 radical (unpaired) electrons. The number of para-hydroxylation sites is 1. The fraction of sp³-hybridized carbons (Fsp3) is 0.100. The van der Waals surface area contributed by atoms with Crippen LogP contribution in [0.4, 0.5) is 0 Å². The van der Waals surface area contributed by atoms with Crippen LogP contribution in [0.2, 0.25) is 0 Å². The van der Waals surface area contributed by atoms with Gasteiger partial charge in [0.2, 0.25) is 0 Å². The Morgan fingerprint density at radius 1 is 1.38 bits per heavy atom. The molecule has 0 aliphatic heterocycles. The highest BCUT2D eigenvalue weighted by Gasteiger charge is 1.99. The first kappa shape index (κ1) is 8.38. The van der Waals surface area contributed by atoms with E-state index < -0.39 is 0 Å². The van der Waals surface area contributed by atoms with Crippen LogP contribution in [-0.2, 0) is 0 Å². The summed E-state index contributed by atoms with van der Waals surface area (Å²) in [7, 11) is 0. The molecule has 1 heterocycles. The zero-order valence-corrected chi connectivity index (χ0v) is 7.96. The SMILES string of the molecule is SCC=Cc1[nH]nc2ccccc12. The van der Waals surface area contributed by atoms with Crippen LogP contribution in [-0.4, -0.2) is 16.0 Å². The van der Waals surface area contributed by atoms with Crippen molar-refractivity contribution in [3.05, 3.63) is 36.0 Å². The van der Waals surface area contributed by atoms with Crippen LogP contribution in [0.25, 0.3) is 17.0 Å². The summed E-state index contributed by atoms with van der Waals surface area (Å²) in [6, 6.07) is 8.03. The molecule has 2 rings (SSSR count). The van der Waals surface area contributed by atoms with Gasteiger partial charge >= 0.3 is 0 Å². The van der Waals surface area contributed by atoms with Gasteiger partial charge in [0.1, 0.15) is 0 Å². The molecule has 1 N–H and O–H groups in total. The van der Waals surface area contributed by atoms with Gasteiger partial charge in [0, 0.05) is 11.1 Å². The third kappa shape index (κ3) is 1.60. The number of rotatable bonds is 2. The first-order valence-corrected chi connectivity index (χ1v) is 4.75. The lowest BCUT2D eigenvalue weighted by Crippen LogP contribution is -1.72. The van der Waals surface area contributed by atoms with Crippen molar-refractivity contribution in [2.24, 2.45) is 0 Å². The maximum absolute atomic E-state index is 4.17. The van der Waals surface area contributed by atoms with Crippen LogP contribution < -0.4 is 0 Å². The quantitative estimate of drug-likeness (QED) is 0.700. The highest BCUT2D eigenvalue weighted by molar-refractivity contribution is 7.80. The molecule has 2 aromatic rings. The lowest BCUT2D eigenvalue weighted by atomic mass is 10.2. The Balaban J connectivity index is 2.52. The third-order valence-electron chi connectivity index (χ3n) is 1.88. The summed E-state index contributed by atoms with van der Waals surface area (Å²) in [6.07, 6.45) is 3.99. The van der Waals surface area contributed by atoms with Crippen LogP contribution >= 0.6 is 12.6 Å². The molecular weight excluding hydrogens is 180 g/mol. The van der Waals surface area contributed by atoms with E-state index in [9.17, 15) is 0 Å². The predicted molar refractivity (Wildman–Crippen MR) is 59.0 cm³/mol. The average Bonchev–Trinajstić information content (AvgIpc) is 2.58. The Bertz CT molecular complexity index is 431. The van der Waals surface area contributed by atoms with Crippen LogP contribution in [0.1, 0.15) is 5.69 Å². The molecule has 0 atom stereocenters. The zero-order valence-electron chi connectivity index (χ0n) is 7.07. The first-order valence-electron chi connectivity index (χ1n) is 4.12. The molecule has 0 saturated carbocycles. The topological polar surface area (TPSA) is 28.7 Å². The van der Waals surface area contributed by atoms with E-state index in [1.165, 1.54) is 0 Å². The molecule has 0 aliphatic rings. The number of nitrogens with one attached hydrogen (secondary N) is 1. The lowest BCUT2D eigenvalue weighted by Gasteiger charge is -1.87. The second kappa shape index (κ2) is 3.66. The Hall–Kier alpha value is -1.22. The number of H-pyrrole nitrogens is 1. The number of aromatic amines is 1. The van der Waals surface area contributed by atoms with Crippen molar-refractivity contribution in [1.29, 1.82) is 0 Å². The Kier molecular flexibility index (Phi) is 2.36. The largest absolute Gasteiger partial charge is 0.277 e. The molecule has 3 heteroatoms. The van der Waals surface area contributed by atoms with E-state index in [1.807, 2.05) is 30.4 Å². The van der Waals surface area contributed by atoms with E-state index in [4.69, 9.17) is 0 Å². The molecule has 1 aromatic heterocycles. The highest BCUT2D eigenvalue weighted by atomic mass is 32.1. The number of hydrogen-bond acceptors (Lipinski definition) is 2.